The van der Waals surface area contributed by atoms with E-state index < -0.39 is 0 Å². The van der Waals surface area contributed by atoms with Crippen molar-refractivity contribution in [2.24, 2.45) is 0 Å². The zero-order chi connectivity index (χ0) is 9.52. The molecule has 1 aliphatic rings. The number of piperidine rings is 1. The van der Waals surface area contributed by atoms with Crippen LogP contribution in [0.25, 0.3) is 0 Å². The third kappa shape index (κ3) is 4.12. The first kappa shape index (κ1) is 10.3. The van der Waals surface area contributed by atoms with Crippen molar-refractivity contribution < 1.29 is 9.53 Å². The molecule has 4 heteroatoms. The first-order valence-electron chi connectivity index (χ1n) is 4.88. The predicted octanol–water partition coefficient (Wildman–Crippen LogP) is 0.875. The van der Waals surface area contributed by atoms with Crippen molar-refractivity contribution in [1.82, 2.24) is 10.6 Å². The smallest absolute Gasteiger partial charge is 0.406 e. The Balaban J connectivity index is 2.01. The number of carbonyl (C=O) groups is 1. The van der Waals surface area contributed by atoms with Gasteiger partial charge in [-0.1, -0.05) is 6.42 Å². The van der Waals surface area contributed by atoms with Gasteiger partial charge in [-0.2, -0.15) is 0 Å². The van der Waals surface area contributed by atoms with E-state index in [-0.39, 0.29) is 6.09 Å². The van der Waals surface area contributed by atoms with Crippen LogP contribution in [0, 0.1) is 0 Å². The predicted molar refractivity (Wildman–Crippen MR) is 50.7 cm³/mol. The molecule has 1 atom stereocenters. The lowest BCUT2D eigenvalue weighted by Crippen LogP contribution is -2.37. The standard InChI is InChI=1S/C9H18N2O2/c1-13-9(12)11-7-5-8-4-2-3-6-10-8/h8,10H,2-7H2,1H3,(H,11,12)/t8-/m1/s1. The van der Waals surface area contributed by atoms with Gasteiger partial charge in [-0.05, 0) is 25.8 Å². The lowest BCUT2D eigenvalue weighted by molar-refractivity contribution is 0.170. The number of hydrogen-bond acceptors (Lipinski definition) is 3. The van der Waals surface area contributed by atoms with E-state index in [1.807, 2.05) is 0 Å². The molecule has 0 unspecified atom stereocenters. The van der Waals surface area contributed by atoms with E-state index in [0.717, 1.165) is 13.0 Å². The Morgan fingerprint density at radius 1 is 1.62 bits per heavy atom. The Kier molecular flexibility index (Phi) is 4.60. The number of alkyl carbamates (subject to hydrolysis) is 1. The van der Waals surface area contributed by atoms with E-state index in [2.05, 4.69) is 15.4 Å². The fraction of sp³-hybridized carbons (Fsp3) is 0.889. The van der Waals surface area contributed by atoms with Gasteiger partial charge in [0.25, 0.3) is 0 Å². The van der Waals surface area contributed by atoms with Gasteiger partial charge in [0.15, 0.2) is 0 Å². The zero-order valence-corrected chi connectivity index (χ0v) is 8.14. The number of ether oxygens (including phenoxy) is 1. The monoisotopic (exact) mass is 186 g/mol. The Morgan fingerprint density at radius 2 is 2.46 bits per heavy atom. The van der Waals surface area contributed by atoms with Crippen LogP contribution < -0.4 is 10.6 Å². The minimum absolute atomic E-state index is 0.337. The van der Waals surface area contributed by atoms with E-state index in [0.29, 0.717) is 12.6 Å². The van der Waals surface area contributed by atoms with Gasteiger partial charge in [-0.3, -0.25) is 0 Å². The minimum atomic E-state index is -0.337. The molecule has 1 saturated heterocycles. The van der Waals surface area contributed by atoms with E-state index in [9.17, 15) is 4.79 Å². The van der Waals surface area contributed by atoms with Gasteiger partial charge in [0, 0.05) is 12.6 Å². The quantitative estimate of drug-likeness (QED) is 0.687. The van der Waals surface area contributed by atoms with Crippen LogP contribution in [0.5, 0.6) is 0 Å². The van der Waals surface area contributed by atoms with Crippen LogP contribution in [0.2, 0.25) is 0 Å². The summed E-state index contributed by atoms with van der Waals surface area (Å²) in [5, 5.41) is 6.10. The van der Waals surface area contributed by atoms with Gasteiger partial charge in [0.1, 0.15) is 0 Å². The molecule has 13 heavy (non-hydrogen) atoms. The summed E-state index contributed by atoms with van der Waals surface area (Å²) in [4.78, 5) is 10.7. The third-order valence-corrected chi connectivity index (χ3v) is 2.36. The molecule has 0 aromatic heterocycles. The van der Waals surface area contributed by atoms with Crippen molar-refractivity contribution in [1.29, 1.82) is 0 Å². The molecule has 2 N–H and O–H groups in total. The molecule has 0 aromatic carbocycles. The average Bonchev–Trinajstić information content (AvgIpc) is 2.19. The van der Waals surface area contributed by atoms with Gasteiger partial charge in [0.2, 0.25) is 0 Å². The molecule has 1 rings (SSSR count). The van der Waals surface area contributed by atoms with Crippen LogP contribution >= 0.6 is 0 Å². The summed E-state index contributed by atoms with van der Waals surface area (Å²) >= 11 is 0. The molecule has 76 valence electrons. The Morgan fingerprint density at radius 3 is 3.08 bits per heavy atom. The zero-order valence-electron chi connectivity index (χ0n) is 8.14. The summed E-state index contributed by atoms with van der Waals surface area (Å²) in [6.45, 7) is 1.81. The minimum Gasteiger partial charge on any atom is -0.453 e. The number of hydrogen-bond donors (Lipinski definition) is 2. The van der Waals surface area contributed by atoms with Gasteiger partial charge in [0.05, 0.1) is 7.11 Å². The fourth-order valence-electron chi connectivity index (χ4n) is 1.59. The van der Waals surface area contributed by atoms with Gasteiger partial charge >= 0.3 is 6.09 Å². The lowest BCUT2D eigenvalue weighted by Gasteiger charge is -2.23. The maximum absolute atomic E-state index is 10.7. The highest BCUT2D eigenvalue weighted by molar-refractivity contribution is 5.66. The van der Waals surface area contributed by atoms with Gasteiger partial charge in [-0.15, -0.1) is 0 Å². The van der Waals surface area contributed by atoms with E-state index in [4.69, 9.17) is 0 Å². The fourth-order valence-corrected chi connectivity index (χ4v) is 1.59. The molecule has 0 spiro atoms. The second kappa shape index (κ2) is 5.80. The topological polar surface area (TPSA) is 50.4 Å². The van der Waals surface area contributed by atoms with Crippen LogP contribution in [-0.2, 0) is 4.74 Å². The molecule has 0 radical (unpaired) electrons. The molecule has 1 amide bonds. The lowest BCUT2D eigenvalue weighted by atomic mass is 10.0. The Labute approximate surface area is 79.0 Å². The highest BCUT2D eigenvalue weighted by Crippen LogP contribution is 2.08. The van der Waals surface area contributed by atoms with E-state index >= 15 is 0 Å². The normalized spacial score (nSPS) is 22.4. The largest absolute Gasteiger partial charge is 0.453 e. The Bertz CT molecular complexity index is 156. The van der Waals surface area contributed by atoms with Crippen molar-refractivity contribution in [3.63, 3.8) is 0 Å². The molecule has 4 nitrogen and oxygen atoms in total. The highest BCUT2D eigenvalue weighted by Gasteiger charge is 2.11. The summed E-state index contributed by atoms with van der Waals surface area (Å²) in [5.41, 5.74) is 0. The molecule has 0 saturated carbocycles. The average molecular weight is 186 g/mol. The molecular formula is C9H18N2O2. The molecular weight excluding hydrogens is 168 g/mol. The SMILES string of the molecule is COC(=O)NCC[C@H]1CCCCN1. The van der Waals surface area contributed by atoms with Crippen molar-refractivity contribution in [2.75, 3.05) is 20.2 Å². The molecule has 0 aromatic rings. The molecule has 1 aliphatic heterocycles. The summed E-state index contributed by atoms with van der Waals surface area (Å²) in [6, 6.07) is 0.575. The van der Waals surface area contributed by atoms with E-state index in [1.165, 1.54) is 26.4 Å². The van der Waals surface area contributed by atoms with E-state index in [1.54, 1.807) is 0 Å². The number of amides is 1. The van der Waals surface area contributed by atoms with Crippen LogP contribution in [0.4, 0.5) is 4.79 Å². The second-order valence-corrected chi connectivity index (χ2v) is 3.35. The molecule has 0 bridgehead atoms. The maximum Gasteiger partial charge on any atom is 0.406 e. The summed E-state index contributed by atoms with van der Waals surface area (Å²) in [6.07, 6.45) is 4.46. The van der Waals surface area contributed by atoms with Gasteiger partial charge < -0.3 is 15.4 Å². The van der Waals surface area contributed by atoms with Crippen LogP contribution in [0.1, 0.15) is 25.7 Å². The molecule has 0 aliphatic carbocycles. The molecule has 1 fully saturated rings. The van der Waals surface area contributed by atoms with Crippen molar-refractivity contribution in [3.05, 3.63) is 0 Å². The summed E-state index contributed by atoms with van der Waals surface area (Å²) in [5.74, 6) is 0. The summed E-state index contributed by atoms with van der Waals surface area (Å²) in [7, 11) is 1.38. The second-order valence-electron chi connectivity index (χ2n) is 3.35. The highest BCUT2D eigenvalue weighted by atomic mass is 16.5. The van der Waals surface area contributed by atoms with Crippen LogP contribution in [-0.4, -0.2) is 32.3 Å². The number of methoxy groups -OCH3 is 1. The van der Waals surface area contributed by atoms with Crippen LogP contribution in [0.15, 0.2) is 0 Å². The Hall–Kier alpha value is -0.770. The number of carbonyl (C=O) groups excluding carboxylic acids is 1. The van der Waals surface area contributed by atoms with Crippen molar-refractivity contribution in [3.8, 4) is 0 Å². The first-order valence-corrected chi connectivity index (χ1v) is 4.88. The van der Waals surface area contributed by atoms with Crippen LogP contribution in [0.3, 0.4) is 0 Å². The third-order valence-electron chi connectivity index (χ3n) is 2.36. The molecule has 1 heterocycles. The van der Waals surface area contributed by atoms with Crippen molar-refractivity contribution in [2.45, 2.75) is 31.7 Å². The summed E-state index contributed by atoms with van der Waals surface area (Å²) < 4.78 is 4.47. The van der Waals surface area contributed by atoms with Crippen molar-refractivity contribution >= 4 is 6.09 Å². The number of rotatable bonds is 3. The maximum atomic E-state index is 10.7. The first-order chi connectivity index (χ1) is 6.33. The van der Waals surface area contributed by atoms with Gasteiger partial charge in [-0.25, -0.2) is 4.79 Å². The number of nitrogens with one attached hydrogen (secondary N) is 2.